The highest BCUT2D eigenvalue weighted by molar-refractivity contribution is 5.86. The van der Waals surface area contributed by atoms with Crippen LogP contribution in [0.4, 0.5) is 4.79 Å². The van der Waals surface area contributed by atoms with E-state index in [0.29, 0.717) is 25.8 Å². The Morgan fingerprint density at radius 2 is 1.57 bits per heavy atom. The molecule has 2 aromatic carbocycles. The molecule has 35 heavy (non-hydrogen) atoms. The summed E-state index contributed by atoms with van der Waals surface area (Å²) in [4.78, 5) is 38.5. The summed E-state index contributed by atoms with van der Waals surface area (Å²) < 4.78 is 5.62. The van der Waals surface area contributed by atoms with Crippen LogP contribution in [0.25, 0.3) is 11.1 Å². The summed E-state index contributed by atoms with van der Waals surface area (Å²) in [5, 5.41) is 14.6. The molecule has 1 aliphatic carbocycles. The van der Waals surface area contributed by atoms with Crippen LogP contribution in [0.15, 0.2) is 48.5 Å². The number of benzene rings is 2. The third-order valence-corrected chi connectivity index (χ3v) is 6.36. The first-order valence-electron chi connectivity index (χ1n) is 12.1. The number of rotatable bonds is 12. The van der Waals surface area contributed by atoms with Crippen LogP contribution >= 0.6 is 0 Å². The van der Waals surface area contributed by atoms with Crippen molar-refractivity contribution in [2.75, 3.05) is 27.2 Å². The molecule has 0 saturated carbocycles. The van der Waals surface area contributed by atoms with Crippen LogP contribution in [-0.2, 0) is 14.3 Å². The predicted octanol–water partition coefficient (Wildman–Crippen LogP) is 3.61. The number of carbonyl (C=O) groups is 3. The number of ether oxygens (including phenoxy) is 1. The molecule has 2 aromatic rings. The number of nitrogens with zero attached hydrogens (tertiary/aromatic N) is 1. The van der Waals surface area contributed by atoms with Crippen LogP contribution in [0, 0.1) is 0 Å². The van der Waals surface area contributed by atoms with Crippen molar-refractivity contribution in [2.24, 2.45) is 0 Å². The first-order valence-corrected chi connectivity index (χ1v) is 12.1. The summed E-state index contributed by atoms with van der Waals surface area (Å²) in [5.74, 6) is -1.31. The van der Waals surface area contributed by atoms with E-state index in [9.17, 15) is 14.4 Å². The molecular formula is C27H35N3O5. The van der Waals surface area contributed by atoms with Crippen molar-refractivity contribution < 1.29 is 24.2 Å². The van der Waals surface area contributed by atoms with E-state index in [1.165, 1.54) is 0 Å². The van der Waals surface area contributed by atoms with Crippen LogP contribution in [0.3, 0.4) is 0 Å². The second-order valence-electron chi connectivity index (χ2n) is 9.16. The van der Waals surface area contributed by atoms with Gasteiger partial charge in [-0.1, -0.05) is 55.5 Å². The molecule has 2 atom stereocenters. The number of aliphatic carboxylic acids is 1. The molecule has 0 heterocycles. The quantitative estimate of drug-likeness (QED) is 0.428. The molecule has 3 rings (SSSR count). The molecule has 0 bridgehead atoms. The molecule has 0 radical (unpaired) electrons. The highest BCUT2D eigenvalue weighted by atomic mass is 16.5. The summed E-state index contributed by atoms with van der Waals surface area (Å²) in [6.45, 7) is 2.65. The number of carboxylic acids is 1. The fraction of sp³-hybridized carbons (Fsp3) is 0.444. The van der Waals surface area contributed by atoms with Gasteiger partial charge in [0.15, 0.2) is 0 Å². The Bertz CT molecular complexity index is 993. The number of alkyl carbamates (subject to hydrolysis) is 1. The average Bonchev–Trinajstić information content (AvgIpc) is 3.16. The third kappa shape index (κ3) is 7.05. The van der Waals surface area contributed by atoms with Crippen molar-refractivity contribution in [3.63, 3.8) is 0 Å². The van der Waals surface area contributed by atoms with E-state index in [-0.39, 0.29) is 30.9 Å². The van der Waals surface area contributed by atoms with Crippen molar-refractivity contribution in [2.45, 2.75) is 50.6 Å². The minimum absolute atomic E-state index is 0.0268. The van der Waals surface area contributed by atoms with Crippen LogP contribution in [-0.4, -0.2) is 67.3 Å². The summed E-state index contributed by atoms with van der Waals surface area (Å²) in [6, 6.07) is 15.2. The van der Waals surface area contributed by atoms with Gasteiger partial charge in [-0.3, -0.25) is 9.59 Å². The number of hydrogen-bond donors (Lipinski definition) is 3. The molecule has 0 aliphatic heterocycles. The van der Waals surface area contributed by atoms with Crippen LogP contribution in [0.5, 0.6) is 0 Å². The molecule has 8 heteroatoms. The van der Waals surface area contributed by atoms with Crippen LogP contribution < -0.4 is 10.6 Å². The zero-order valence-corrected chi connectivity index (χ0v) is 20.6. The van der Waals surface area contributed by atoms with E-state index in [1.807, 2.05) is 50.2 Å². The first-order chi connectivity index (χ1) is 16.8. The summed E-state index contributed by atoms with van der Waals surface area (Å²) in [5.41, 5.74) is 4.53. The second-order valence-corrected chi connectivity index (χ2v) is 9.16. The SMILES string of the molecule is CCC(CCC(=O)O)NC(=O)C(CCN(C)C)NC(=O)OCC1c2ccccc2-c2ccccc21. The van der Waals surface area contributed by atoms with Gasteiger partial charge in [0.2, 0.25) is 5.91 Å². The van der Waals surface area contributed by atoms with Gasteiger partial charge >= 0.3 is 12.1 Å². The molecule has 8 nitrogen and oxygen atoms in total. The standard InChI is InChI=1S/C27H35N3O5/c1-4-18(13-14-25(31)32)28-26(33)24(15-16-30(2)3)29-27(34)35-17-23-21-11-7-5-9-19(21)20-10-6-8-12-22(20)23/h5-12,18,23-24H,4,13-17H2,1-3H3,(H,28,33)(H,29,34)(H,31,32). The van der Waals surface area contributed by atoms with Gasteiger partial charge in [-0.05, 0) is 62.2 Å². The summed E-state index contributed by atoms with van der Waals surface area (Å²) in [6.07, 6.45) is 0.663. The van der Waals surface area contributed by atoms with Gasteiger partial charge in [0.05, 0.1) is 0 Å². The Morgan fingerprint density at radius 1 is 0.971 bits per heavy atom. The Morgan fingerprint density at radius 3 is 2.11 bits per heavy atom. The highest BCUT2D eigenvalue weighted by Gasteiger charge is 2.30. The molecular weight excluding hydrogens is 446 g/mol. The number of hydrogen-bond acceptors (Lipinski definition) is 5. The maximum Gasteiger partial charge on any atom is 0.407 e. The maximum absolute atomic E-state index is 12.9. The Balaban J connectivity index is 1.63. The van der Waals surface area contributed by atoms with Gasteiger partial charge in [-0.25, -0.2) is 4.79 Å². The second kappa shape index (κ2) is 12.4. The smallest absolute Gasteiger partial charge is 0.407 e. The van der Waals surface area contributed by atoms with Gasteiger partial charge < -0.3 is 25.4 Å². The van der Waals surface area contributed by atoms with Crippen molar-refractivity contribution in [1.82, 2.24) is 15.5 Å². The van der Waals surface area contributed by atoms with Crippen molar-refractivity contribution in [3.8, 4) is 11.1 Å². The third-order valence-electron chi connectivity index (χ3n) is 6.36. The normalized spacial score (nSPS) is 14.1. The lowest BCUT2D eigenvalue weighted by atomic mass is 9.98. The lowest BCUT2D eigenvalue weighted by Gasteiger charge is -2.24. The topological polar surface area (TPSA) is 108 Å². The lowest BCUT2D eigenvalue weighted by molar-refractivity contribution is -0.137. The number of carbonyl (C=O) groups excluding carboxylic acids is 2. The Hall–Kier alpha value is -3.39. The van der Waals surface area contributed by atoms with E-state index >= 15 is 0 Å². The number of amides is 2. The fourth-order valence-electron chi connectivity index (χ4n) is 4.42. The Labute approximate surface area is 206 Å². The Kier molecular flexibility index (Phi) is 9.25. The number of nitrogens with one attached hydrogen (secondary N) is 2. The van der Waals surface area contributed by atoms with Gasteiger partial charge in [0.1, 0.15) is 12.6 Å². The van der Waals surface area contributed by atoms with E-state index in [4.69, 9.17) is 9.84 Å². The molecule has 0 spiro atoms. The van der Waals surface area contributed by atoms with E-state index in [1.54, 1.807) is 0 Å². The highest BCUT2D eigenvalue weighted by Crippen LogP contribution is 2.44. The zero-order valence-electron chi connectivity index (χ0n) is 20.6. The molecule has 0 aromatic heterocycles. The van der Waals surface area contributed by atoms with E-state index in [2.05, 4.69) is 34.9 Å². The molecule has 0 fully saturated rings. The molecule has 2 amide bonds. The van der Waals surface area contributed by atoms with Crippen LogP contribution in [0.2, 0.25) is 0 Å². The zero-order chi connectivity index (χ0) is 25.4. The largest absolute Gasteiger partial charge is 0.481 e. The predicted molar refractivity (Wildman–Crippen MR) is 134 cm³/mol. The molecule has 1 aliphatic rings. The monoisotopic (exact) mass is 481 g/mol. The number of carboxylic acid groups (broad SMARTS) is 1. The van der Waals surface area contributed by atoms with E-state index < -0.39 is 18.1 Å². The average molecular weight is 482 g/mol. The minimum Gasteiger partial charge on any atom is -0.481 e. The van der Waals surface area contributed by atoms with Crippen molar-refractivity contribution in [3.05, 3.63) is 59.7 Å². The molecule has 188 valence electrons. The summed E-state index contributed by atoms with van der Waals surface area (Å²) in [7, 11) is 3.79. The molecule has 2 unspecified atom stereocenters. The van der Waals surface area contributed by atoms with Gasteiger partial charge in [-0.2, -0.15) is 0 Å². The van der Waals surface area contributed by atoms with Gasteiger partial charge in [0, 0.05) is 18.4 Å². The first kappa shape index (κ1) is 26.2. The summed E-state index contributed by atoms with van der Waals surface area (Å²) >= 11 is 0. The molecule has 3 N–H and O–H groups in total. The lowest BCUT2D eigenvalue weighted by Crippen LogP contribution is -2.50. The van der Waals surface area contributed by atoms with Crippen molar-refractivity contribution >= 4 is 18.0 Å². The van der Waals surface area contributed by atoms with E-state index in [0.717, 1.165) is 22.3 Å². The van der Waals surface area contributed by atoms with Crippen LogP contribution in [0.1, 0.15) is 49.7 Å². The van der Waals surface area contributed by atoms with Gasteiger partial charge in [0.25, 0.3) is 0 Å². The van der Waals surface area contributed by atoms with Crippen molar-refractivity contribution in [1.29, 1.82) is 0 Å². The molecule has 0 saturated heterocycles. The maximum atomic E-state index is 12.9. The van der Waals surface area contributed by atoms with Gasteiger partial charge in [-0.15, -0.1) is 0 Å². The number of fused-ring (bicyclic) bond motifs is 3. The minimum atomic E-state index is -0.904. The fourth-order valence-corrected chi connectivity index (χ4v) is 4.42.